The van der Waals surface area contributed by atoms with Crippen molar-refractivity contribution < 1.29 is 0 Å². The van der Waals surface area contributed by atoms with Crippen LogP contribution in [-0.2, 0) is 0 Å². The first kappa shape index (κ1) is 36.0. The maximum absolute atomic E-state index is 4.36. The molecule has 0 saturated heterocycles. The molecule has 0 spiro atoms. The predicted molar refractivity (Wildman–Crippen MR) is 232 cm³/mol. The molecule has 0 nitrogen and oxygen atoms in total. The number of fused-ring (bicyclic) bond motifs is 2. The van der Waals surface area contributed by atoms with Crippen LogP contribution in [0.2, 0.25) is 0 Å². The van der Waals surface area contributed by atoms with Crippen LogP contribution in [-0.4, -0.2) is 5.75 Å². The number of thioether (sulfide) groups is 1. The van der Waals surface area contributed by atoms with Gasteiger partial charge in [0.25, 0.3) is 0 Å². The van der Waals surface area contributed by atoms with E-state index in [4.69, 9.17) is 0 Å². The topological polar surface area (TPSA) is 0 Å². The number of aryl methyl sites for hydroxylation is 1. The monoisotopic (exact) mass is 714 g/mol. The third-order valence-corrected chi connectivity index (χ3v) is 13.2. The minimum atomic E-state index is 0.290. The standard InChI is InChI=1S/C50H50S2/c1-6-8-10-16-36(5)46-27-28-48(52-46)39-20-14-22-41(32-39)50-43-26-24-34(3)29-44(43)49(42-25-23-35(4)30-45(42)50)40-21-13-19-38(31-40)47(15-7-2)51-33-37-17-11-9-12-18-37/h7,9-17,19-30,32,37,40,44,49H,2,5-6,8,18,31,33H2,1,3-4H3/b16-10-,47-15-/t37?,40?,44?,49-/m1/s1. The van der Waals surface area contributed by atoms with Crippen LogP contribution < -0.4 is 0 Å². The lowest BCUT2D eigenvalue weighted by molar-refractivity contribution is 0.432. The minimum absolute atomic E-state index is 0.290. The van der Waals surface area contributed by atoms with Crippen molar-refractivity contribution in [3.63, 3.8) is 0 Å². The largest absolute Gasteiger partial charge is 0.135 e. The van der Waals surface area contributed by atoms with E-state index in [9.17, 15) is 0 Å². The normalized spacial score (nSPS) is 22.3. The maximum Gasteiger partial charge on any atom is 0.0349 e. The molecule has 7 rings (SSSR count). The van der Waals surface area contributed by atoms with Gasteiger partial charge in [-0.15, -0.1) is 23.1 Å². The lowest BCUT2D eigenvalue weighted by Gasteiger charge is -2.41. The van der Waals surface area contributed by atoms with Gasteiger partial charge in [-0.2, -0.15) is 0 Å². The van der Waals surface area contributed by atoms with Crippen LogP contribution in [0.15, 0.2) is 174 Å². The number of hydrogen-bond acceptors (Lipinski definition) is 2. The SMILES string of the molecule is C=C/C=C(\SCC1C=CC=CC1)C1=CC=CC([C@@H]2c3ccc(C)cc3C(c3cccc(-c4ccc(C(=C)/C=C\CCC)s4)c3)=C3C=CC(C)=CC32)C1. The third-order valence-electron chi connectivity index (χ3n) is 10.7. The molecule has 4 atom stereocenters. The van der Waals surface area contributed by atoms with Crippen LogP contribution >= 0.6 is 23.1 Å². The van der Waals surface area contributed by atoms with Gasteiger partial charge in [0.05, 0.1) is 0 Å². The van der Waals surface area contributed by atoms with Crippen molar-refractivity contribution in [2.75, 3.05) is 5.75 Å². The second-order valence-electron chi connectivity index (χ2n) is 14.5. The van der Waals surface area contributed by atoms with E-state index in [1.165, 1.54) is 64.8 Å². The van der Waals surface area contributed by atoms with Crippen molar-refractivity contribution in [3.8, 4) is 10.4 Å². The summed E-state index contributed by atoms with van der Waals surface area (Å²) in [5.74, 6) is 2.66. The molecule has 0 fully saturated rings. The van der Waals surface area contributed by atoms with Crippen molar-refractivity contribution in [2.24, 2.45) is 17.8 Å². The average molecular weight is 715 g/mol. The van der Waals surface area contributed by atoms with Crippen LogP contribution in [0, 0.1) is 24.7 Å². The first-order valence-corrected chi connectivity index (χ1v) is 20.7. The van der Waals surface area contributed by atoms with E-state index >= 15 is 0 Å². The molecule has 3 aromatic rings. The summed E-state index contributed by atoms with van der Waals surface area (Å²) in [6.07, 6.45) is 36.4. The van der Waals surface area contributed by atoms with Gasteiger partial charge in [0.1, 0.15) is 0 Å². The van der Waals surface area contributed by atoms with Crippen molar-refractivity contribution >= 4 is 34.2 Å². The summed E-state index contributed by atoms with van der Waals surface area (Å²) in [6.45, 7) is 15.2. The molecule has 4 aliphatic carbocycles. The number of thiophene rings is 1. The fourth-order valence-electron chi connectivity index (χ4n) is 8.06. The van der Waals surface area contributed by atoms with Gasteiger partial charge in [-0.1, -0.05) is 153 Å². The van der Waals surface area contributed by atoms with Gasteiger partial charge in [-0.25, -0.2) is 0 Å². The summed E-state index contributed by atoms with van der Waals surface area (Å²) in [5.41, 5.74) is 13.4. The van der Waals surface area contributed by atoms with E-state index < -0.39 is 0 Å². The molecule has 262 valence electrons. The van der Waals surface area contributed by atoms with Gasteiger partial charge in [-0.3, -0.25) is 0 Å². The summed E-state index contributed by atoms with van der Waals surface area (Å²) in [5, 5.41) is 0. The second-order valence-corrected chi connectivity index (χ2v) is 16.7. The first-order valence-electron chi connectivity index (χ1n) is 18.9. The molecule has 0 amide bonds. The second kappa shape index (κ2) is 16.5. The zero-order chi connectivity index (χ0) is 36.0. The highest BCUT2D eigenvalue weighted by Crippen LogP contribution is 2.53. The Kier molecular flexibility index (Phi) is 11.4. The van der Waals surface area contributed by atoms with Crippen molar-refractivity contribution in [3.05, 3.63) is 202 Å². The molecule has 0 radical (unpaired) electrons. The average Bonchev–Trinajstić information content (AvgIpc) is 3.67. The Morgan fingerprint density at radius 1 is 0.981 bits per heavy atom. The quantitative estimate of drug-likeness (QED) is 0.168. The summed E-state index contributed by atoms with van der Waals surface area (Å²) in [7, 11) is 0. The van der Waals surface area contributed by atoms with Crippen LogP contribution in [0.1, 0.15) is 72.6 Å². The first-order chi connectivity index (χ1) is 25.4. The van der Waals surface area contributed by atoms with Crippen molar-refractivity contribution in [2.45, 2.75) is 52.4 Å². The smallest absolute Gasteiger partial charge is 0.0349 e. The van der Waals surface area contributed by atoms with E-state index in [0.29, 0.717) is 17.8 Å². The molecular formula is C50H50S2. The number of unbranched alkanes of at least 4 members (excludes halogenated alkanes) is 1. The Labute approximate surface area is 320 Å². The van der Waals surface area contributed by atoms with Gasteiger partial charge in [-0.05, 0) is 114 Å². The van der Waals surface area contributed by atoms with E-state index in [-0.39, 0.29) is 5.92 Å². The van der Waals surface area contributed by atoms with Gasteiger partial charge < -0.3 is 0 Å². The zero-order valence-electron chi connectivity index (χ0n) is 30.9. The van der Waals surface area contributed by atoms with Gasteiger partial charge in [0.15, 0.2) is 0 Å². The van der Waals surface area contributed by atoms with Gasteiger partial charge >= 0.3 is 0 Å². The van der Waals surface area contributed by atoms with Crippen LogP contribution in [0.3, 0.4) is 0 Å². The minimum Gasteiger partial charge on any atom is -0.135 e. The highest BCUT2D eigenvalue weighted by Gasteiger charge is 2.39. The Bertz CT molecular complexity index is 2130. The molecule has 2 heteroatoms. The molecule has 0 bridgehead atoms. The number of benzene rings is 2. The fraction of sp³-hybridized carbons (Fsp3) is 0.240. The zero-order valence-corrected chi connectivity index (χ0v) is 32.5. The van der Waals surface area contributed by atoms with E-state index in [0.717, 1.165) is 37.0 Å². The predicted octanol–water partition coefficient (Wildman–Crippen LogP) is 14.6. The molecule has 52 heavy (non-hydrogen) atoms. The van der Waals surface area contributed by atoms with Gasteiger partial charge in [0, 0.05) is 32.2 Å². The molecule has 0 aliphatic heterocycles. The molecule has 1 aromatic heterocycles. The fourth-order valence-corrected chi connectivity index (χ4v) is 10.2. The molecule has 3 unspecified atom stereocenters. The van der Waals surface area contributed by atoms with Crippen LogP contribution in [0.25, 0.3) is 21.6 Å². The molecule has 0 N–H and O–H groups in total. The van der Waals surface area contributed by atoms with Crippen molar-refractivity contribution in [1.82, 2.24) is 0 Å². The molecule has 2 aromatic carbocycles. The lowest BCUT2D eigenvalue weighted by Crippen LogP contribution is -2.28. The summed E-state index contributed by atoms with van der Waals surface area (Å²) < 4.78 is 0. The number of allylic oxidation sites excluding steroid dienone is 18. The van der Waals surface area contributed by atoms with Crippen LogP contribution in [0.5, 0.6) is 0 Å². The van der Waals surface area contributed by atoms with E-state index in [2.05, 4.69) is 168 Å². The van der Waals surface area contributed by atoms with E-state index in [1.807, 2.05) is 29.2 Å². The molecular weight excluding hydrogens is 665 g/mol. The van der Waals surface area contributed by atoms with E-state index in [1.54, 1.807) is 0 Å². The van der Waals surface area contributed by atoms with Crippen molar-refractivity contribution in [1.29, 1.82) is 0 Å². The number of hydrogen-bond donors (Lipinski definition) is 0. The summed E-state index contributed by atoms with van der Waals surface area (Å²) in [4.78, 5) is 3.86. The van der Waals surface area contributed by atoms with Crippen LogP contribution in [0.4, 0.5) is 0 Å². The third kappa shape index (κ3) is 7.85. The Morgan fingerprint density at radius 2 is 1.87 bits per heavy atom. The lowest BCUT2D eigenvalue weighted by atomic mass is 9.62. The van der Waals surface area contributed by atoms with Gasteiger partial charge in [0.2, 0.25) is 0 Å². The summed E-state index contributed by atoms with van der Waals surface area (Å²) >= 11 is 3.82. The Balaban J connectivity index is 1.23. The molecule has 0 saturated carbocycles. The molecule has 4 aliphatic rings. The molecule has 1 heterocycles. The Hall–Kier alpha value is -4.37. The highest BCUT2D eigenvalue weighted by molar-refractivity contribution is 8.03. The highest BCUT2D eigenvalue weighted by atomic mass is 32.2. The Morgan fingerprint density at radius 3 is 2.69 bits per heavy atom. The number of rotatable bonds is 12. The summed E-state index contributed by atoms with van der Waals surface area (Å²) in [6, 6.07) is 20.9. The maximum atomic E-state index is 4.36.